The Morgan fingerprint density at radius 3 is 2.48 bits per heavy atom. The van der Waals surface area contributed by atoms with E-state index in [1.54, 1.807) is 13.0 Å². The molecule has 5 rings (SSSR count). The molecule has 0 fully saturated rings. The van der Waals surface area contributed by atoms with Gasteiger partial charge in [-0.1, -0.05) is 6.07 Å². The number of nitrogens with zero attached hydrogens (tertiary/aromatic N) is 3. The third-order valence-corrected chi connectivity index (χ3v) is 4.91. The summed E-state index contributed by atoms with van der Waals surface area (Å²) in [5.74, 6) is -2.40. The van der Waals surface area contributed by atoms with Gasteiger partial charge in [-0.2, -0.15) is 5.10 Å². The quantitative estimate of drug-likeness (QED) is 0.525. The Labute approximate surface area is 162 Å². The summed E-state index contributed by atoms with van der Waals surface area (Å²) in [5.41, 5.74) is 1.93. The van der Waals surface area contributed by atoms with Crippen LogP contribution in [0.2, 0.25) is 0 Å². The van der Waals surface area contributed by atoms with Crippen molar-refractivity contribution >= 4 is 28.5 Å². The molecule has 1 aliphatic heterocycles. The molecular weight excluding hydrogens is 378 g/mol. The van der Waals surface area contributed by atoms with Crippen LogP contribution in [0, 0.1) is 18.6 Å². The highest BCUT2D eigenvalue weighted by molar-refractivity contribution is 6.38. The number of nitrogens with one attached hydrogen (secondary N) is 1. The number of anilines is 1. The molecule has 8 heteroatoms. The molecule has 0 radical (unpaired) electrons. The molecule has 0 saturated carbocycles. The second-order valence-electron chi connectivity index (χ2n) is 6.75. The highest BCUT2D eigenvalue weighted by Gasteiger charge is 2.41. The molecule has 1 N–H and O–H groups in total. The molecule has 1 aliphatic rings. The molecule has 2 aromatic heterocycles. The smallest absolute Gasteiger partial charge is 0.267 e. The van der Waals surface area contributed by atoms with Gasteiger partial charge in [-0.3, -0.25) is 14.7 Å². The maximum absolute atomic E-state index is 14.5. The van der Waals surface area contributed by atoms with E-state index >= 15 is 0 Å². The van der Waals surface area contributed by atoms with Crippen LogP contribution >= 0.6 is 0 Å². The number of rotatable bonds is 2. The zero-order chi connectivity index (χ0) is 20.3. The molecule has 0 unspecified atom stereocenters. The summed E-state index contributed by atoms with van der Waals surface area (Å²) >= 11 is 0. The van der Waals surface area contributed by atoms with Crippen molar-refractivity contribution in [3.63, 3.8) is 0 Å². The van der Waals surface area contributed by atoms with Gasteiger partial charge in [0.1, 0.15) is 11.6 Å². The number of benzene rings is 2. The van der Waals surface area contributed by atoms with Crippen molar-refractivity contribution in [1.29, 1.82) is 0 Å². The minimum absolute atomic E-state index is 0.0623. The fourth-order valence-corrected chi connectivity index (χ4v) is 3.53. The number of fused-ring (bicyclic) bond motifs is 3. The van der Waals surface area contributed by atoms with E-state index in [1.807, 2.05) is 0 Å². The van der Waals surface area contributed by atoms with Gasteiger partial charge >= 0.3 is 0 Å². The number of halogens is 2. The van der Waals surface area contributed by atoms with E-state index in [0.29, 0.717) is 22.2 Å². The average molecular weight is 390 g/mol. The lowest BCUT2D eigenvalue weighted by molar-refractivity contribution is 0.0925. The molecule has 0 saturated heterocycles. The summed E-state index contributed by atoms with van der Waals surface area (Å²) in [6.45, 7) is 1.71. The van der Waals surface area contributed by atoms with Crippen molar-refractivity contribution in [3.05, 3.63) is 77.0 Å². The number of imide groups is 1. The number of carbonyl (C=O) groups is 2. The molecule has 0 spiro atoms. The van der Waals surface area contributed by atoms with E-state index in [-0.39, 0.29) is 22.5 Å². The molecular formula is C21H12F2N4O2. The maximum atomic E-state index is 14.5. The van der Waals surface area contributed by atoms with Crippen LogP contribution in [0.5, 0.6) is 0 Å². The van der Waals surface area contributed by atoms with Crippen LogP contribution in [-0.4, -0.2) is 27.0 Å². The summed E-state index contributed by atoms with van der Waals surface area (Å²) in [7, 11) is 0. The summed E-state index contributed by atoms with van der Waals surface area (Å²) in [4.78, 5) is 31.1. The van der Waals surface area contributed by atoms with Crippen molar-refractivity contribution in [2.24, 2.45) is 0 Å². The lowest BCUT2D eigenvalue weighted by atomic mass is 10.0. The zero-order valence-corrected chi connectivity index (χ0v) is 15.0. The van der Waals surface area contributed by atoms with Crippen LogP contribution in [0.3, 0.4) is 0 Å². The van der Waals surface area contributed by atoms with Gasteiger partial charge in [0.25, 0.3) is 11.8 Å². The first-order valence-electron chi connectivity index (χ1n) is 8.73. The molecule has 3 heterocycles. The van der Waals surface area contributed by atoms with Gasteiger partial charge in [0.05, 0.1) is 27.9 Å². The van der Waals surface area contributed by atoms with Gasteiger partial charge in [-0.25, -0.2) is 18.7 Å². The Bertz CT molecular complexity index is 1330. The molecule has 29 heavy (non-hydrogen) atoms. The topological polar surface area (TPSA) is 79.0 Å². The second-order valence-corrected chi connectivity index (χ2v) is 6.75. The molecule has 0 bridgehead atoms. The summed E-state index contributed by atoms with van der Waals surface area (Å²) < 4.78 is 27.8. The fraction of sp³-hybridized carbons (Fsp3) is 0.0476. The minimum Gasteiger partial charge on any atom is -0.275 e. The van der Waals surface area contributed by atoms with Crippen molar-refractivity contribution in [2.75, 3.05) is 4.90 Å². The number of H-pyrrole nitrogens is 1. The number of hydrogen-bond acceptors (Lipinski definition) is 4. The summed E-state index contributed by atoms with van der Waals surface area (Å²) in [6, 6.07) is 9.89. The Morgan fingerprint density at radius 1 is 1.00 bits per heavy atom. The number of aryl methyl sites for hydroxylation is 1. The third-order valence-electron chi connectivity index (χ3n) is 4.91. The highest BCUT2D eigenvalue weighted by Crippen LogP contribution is 2.37. The molecule has 0 atom stereocenters. The molecule has 6 nitrogen and oxygen atoms in total. The van der Waals surface area contributed by atoms with Crippen molar-refractivity contribution in [2.45, 2.75) is 6.92 Å². The average Bonchev–Trinajstić information content (AvgIpc) is 3.23. The first kappa shape index (κ1) is 17.2. The lowest BCUT2D eigenvalue weighted by Gasteiger charge is -2.15. The van der Waals surface area contributed by atoms with Crippen LogP contribution < -0.4 is 4.90 Å². The zero-order valence-electron chi connectivity index (χ0n) is 15.0. The highest BCUT2D eigenvalue weighted by atomic mass is 19.1. The van der Waals surface area contributed by atoms with E-state index < -0.39 is 23.4 Å². The van der Waals surface area contributed by atoms with Crippen LogP contribution in [-0.2, 0) is 0 Å². The molecule has 2 amide bonds. The molecule has 142 valence electrons. The fourth-order valence-electron chi connectivity index (χ4n) is 3.53. The first-order valence-corrected chi connectivity index (χ1v) is 8.73. The Balaban J connectivity index is 1.73. The van der Waals surface area contributed by atoms with E-state index in [9.17, 15) is 18.4 Å². The largest absolute Gasteiger partial charge is 0.275 e. The summed E-state index contributed by atoms with van der Waals surface area (Å²) in [5, 5.41) is 7.23. The van der Waals surface area contributed by atoms with Gasteiger partial charge in [0.2, 0.25) is 0 Å². The standard InChI is InChI=1S/C21H12F2N4O2/c1-10-2-7-15(14(23)8-10)27-20(28)13-9-24-19-17(16(13)21(27)29)18(25-26-19)11-3-5-12(22)6-4-11/h2-9H,1H3,(H,24,25,26). The Kier molecular flexibility index (Phi) is 3.57. The van der Waals surface area contributed by atoms with Crippen LogP contribution in [0.15, 0.2) is 48.7 Å². The number of hydrogen-bond donors (Lipinski definition) is 1. The van der Waals surface area contributed by atoms with Gasteiger partial charge in [-0.05, 0) is 48.9 Å². The molecule has 4 aromatic rings. The third kappa shape index (κ3) is 2.46. The second kappa shape index (κ2) is 6.03. The first-order chi connectivity index (χ1) is 14.0. The van der Waals surface area contributed by atoms with Gasteiger partial charge < -0.3 is 0 Å². The molecule has 0 aliphatic carbocycles. The van der Waals surface area contributed by atoms with E-state index in [1.165, 1.54) is 42.6 Å². The van der Waals surface area contributed by atoms with E-state index in [4.69, 9.17) is 0 Å². The predicted octanol–water partition coefficient (Wildman–Crippen LogP) is 4.01. The number of pyridine rings is 1. The van der Waals surface area contributed by atoms with Gasteiger partial charge in [0.15, 0.2) is 5.65 Å². The number of aromatic amines is 1. The SMILES string of the molecule is Cc1ccc(N2C(=O)c3cnc4n[nH]c(-c5ccc(F)cc5)c4c3C2=O)c(F)c1. The van der Waals surface area contributed by atoms with Crippen molar-refractivity contribution in [1.82, 2.24) is 15.2 Å². The lowest BCUT2D eigenvalue weighted by Crippen LogP contribution is -2.30. The number of aromatic nitrogens is 3. The van der Waals surface area contributed by atoms with Gasteiger partial charge in [-0.15, -0.1) is 0 Å². The Morgan fingerprint density at radius 2 is 1.76 bits per heavy atom. The van der Waals surface area contributed by atoms with Crippen LogP contribution in [0.1, 0.15) is 26.3 Å². The summed E-state index contributed by atoms with van der Waals surface area (Å²) in [6.07, 6.45) is 1.26. The maximum Gasteiger partial charge on any atom is 0.267 e. The monoisotopic (exact) mass is 390 g/mol. The van der Waals surface area contributed by atoms with Crippen molar-refractivity contribution in [3.8, 4) is 11.3 Å². The molecule has 2 aromatic carbocycles. The number of carbonyl (C=O) groups excluding carboxylic acids is 2. The van der Waals surface area contributed by atoms with Crippen molar-refractivity contribution < 1.29 is 18.4 Å². The predicted molar refractivity (Wildman–Crippen MR) is 102 cm³/mol. The van der Waals surface area contributed by atoms with Gasteiger partial charge in [0, 0.05) is 11.8 Å². The minimum atomic E-state index is -0.672. The van der Waals surface area contributed by atoms with E-state index in [0.717, 1.165) is 4.90 Å². The van der Waals surface area contributed by atoms with E-state index in [2.05, 4.69) is 15.2 Å². The van der Waals surface area contributed by atoms with Crippen LogP contribution in [0.25, 0.3) is 22.3 Å². The normalized spacial score (nSPS) is 13.4. The number of amides is 2. The Hall–Kier alpha value is -3.94. The van der Waals surface area contributed by atoms with Crippen LogP contribution in [0.4, 0.5) is 14.5 Å².